The molecule has 0 aliphatic carbocycles. The van der Waals surface area contributed by atoms with Crippen molar-refractivity contribution >= 4 is 40.2 Å². The van der Waals surface area contributed by atoms with Gasteiger partial charge in [-0.1, -0.05) is 0 Å². The van der Waals surface area contributed by atoms with Crippen molar-refractivity contribution in [1.29, 1.82) is 0 Å². The number of halogens is 2. The number of rotatable bonds is 3. The fourth-order valence-corrected chi connectivity index (χ4v) is 2.46. The van der Waals surface area contributed by atoms with Gasteiger partial charge in [0.25, 0.3) is 5.91 Å². The average molecular weight is 381 g/mol. The third kappa shape index (κ3) is 4.72. The first kappa shape index (κ1) is 18.0. The van der Waals surface area contributed by atoms with Gasteiger partial charge in [-0.3, -0.25) is 9.59 Å². The molecule has 2 amide bonds. The van der Waals surface area contributed by atoms with Gasteiger partial charge in [0.1, 0.15) is 0 Å². The third-order valence-corrected chi connectivity index (χ3v) is 3.65. The van der Waals surface area contributed by atoms with Crippen molar-refractivity contribution in [3.8, 4) is 0 Å². The zero-order valence-electron chi connectivity index (χ0n) is 12.0. The van der Waals surface area contributed by atoms with Gasteiger partial charge >= 0.3 is 0 Å². The van der Waals surface area contributed by atoms with Gasteiger partial charge in [0.2, 0.25) is 5.91 Å². The van der Waals surface area contributed by atoms with Crippen molar-refractivity contribution in [2.24, 2.45) is 0 Å². The second-order valence-electron chi connectivity index (χ2n) is 4.96. The predicted molar refractivity (Wildman–Crippen MR) is 84.7 cm³/mol. The Morgan fingerprint density at radius 2 is 2.24 bits per heavy atom. The number of likely N-dealkylation sites (N-methyl/N-ethyl adjacent to an activating group) is 1. The lowest BCUT2D eigenvalue weighted by molar-refractivity contribution is -0.132. The van der Waals surface area contributed by atoms with Gasteiger partial charge in [0.15, 0.2) is 10.4 Å². The van der Waals surface area contributed by atoms with Crippen molar-refractivity contribution in [1.82, 2.24) is 15.1 Å². The maximum atomic E-state index is 12.2. The van der Waals surface area contributed by atoms with E-state index in [4.69, 9.17) is 4.42 Å². The van der Waals surface area contributed by atoms with E-state index in [2.05, 4.69) is 21.2 Å². The molecule has 118 valence electrons. The zero-order valence-corrected chi connectivity index (χ0v) is 14.4. The Hall–Kier alpha value is -1.05. The predicted octanol–water partition coefficient (Wildman–Crippen LogP) is 1.36. The Morgan fingerprint density at radius 3 is 2.81 bits per heavy atom. The van der Waals surface area contributed by atoms with Crippen LogP contribution in [0.15, 0.2) is 21.2 Å². The van der Waals surface area contributed by atoms with Crippen LogP contribution in [0.2, 0.25) is 0 Å². The quantitative estimate of drug-likeness (QED) is 0.860. The molecule has 1 aliphatic rings. The van der Waals surface area contributed by atoms with E-state index in [0.717, 1.165) is 6.54 Å². The highest BCUT2D eigenvalue weighted by atomic mass is 79.9. The molecule has 0 saturated carbocycles. The van der Waals surface area contributed by atoms with Crippen LogP contribution in [0, 0.1) is 0 Å². The molecule has 2 heterocycles. The number of piperazine rings is 1. The van der Waals surface area contributed by atoms with Gasteiger partial charge in [0.05, 0.1) is 6.54 Å². The van der Waals surface area contributed by atoms with Gasteiger partial charge in [-0.05, 0) is 35.0 Å². The second kappa shape index (κ2) is 7.82. The molecule has 0 aromatic carbocycles. The Bertz CT molecular complexity index is 509. The summed E-state index contributed by atoms with van der Waals surface area (Å²) in [5, 5.41) is 3.28. The number of nitrogens with one attached hydrogen (secondary N) is 1. The van der Waals surface area contributed by atoms with Crippen molar-refractivity contribution in [2.75, 3.05) is 33.2 Å². The molecule has 1 atom stereocenters. The van der Waals surface area contributed by atoms with Crippen molar-refractivity contribution in [2.45, 2.75) is 13.0 Å². The Morgan fingerprint density at radius 1 is 1.52 bits per heavy atom. The molecule has 6 nitrogen and oxygen atoms in total. The summed E-state index contributed by atoms with van der Waals surface area (Å²) in [6.07, 6.45) is 0. The van der Waals surface area contributed by atoms with E-state index in [-0.39, 0.29) is 42.6 Å². The molecular formula is C13H19BrClN3O3. The molecule has 2 rings (SSSR count). The van der Waals surface area contributed by atoms with Crippen molar-refractivity contribution < 1.29 is 14.0 Å². The van der Waals surface area contributed by atoms with Gasteiger partial charge in [-0.25, -0.2) is 0 Å². The van der Waals surface area contributed by atoms with Crippen LogP contribution in [0.3, 0.4) is 0 Å². The zero-order chi connectivity index (χ0) is 14.7. The fraction of sp³-hybridized carbons (Fsp3) is 0.538. The Labute approximate surface area is 138 Å². The third-order valence-electron chi connectivity index (χ3n) is 3.22. The lowest BCUT2D eigenvalue weighted by Crippen LogP contribution is -2.53. The van der Waals surface area contributed by atoms with Gasteiger partial charge < -0.3 is 19.5 Å². The van der Waals surface area contributed by atoms with Crippen LogP contribution in [0.5, 0.6) is 0 Å². The Kier molecular flexibility index (Phi) is 6.70. The monoisotopic (exact) mass is 379 g/mol. The summed E-state index contributed by atoms with van der Waals surface area (Å²) in [7, 11) is 1.60. The number of hydrogen-bond donors (Lipinski definition) is 1. The number of furan rings is 1. The van der Waals surface area contributed by atoms with Crippen LogP contribution < -0.4 is 5.32 Å². The van der Waals surface area contributed by atoms with Gasteiger partial charge in [0, 0.05) is 32.7 Å². The molecule has 0 bridgehead atoms. The molecular weight excluding hydrogens is 362 g/mol. The van der Waals surface area contributed by atoms with E-state index in [1.807, 2.05) is 6.92 Å². The Balaban J connectivity index is 0.00000220. The summed E-state index contributed by atoms with van der Waals surface area (Å²) in [5.41, 5.74) is 0. The molecule has 1 fully saturated rings. The lowest BCUT2D eigenvalue weighted by atomic mass is 10.2. The molecule has 0 radical (unpaired) electrons. The topological polar surface area (TPSA) is 65.8 Å². The molecule has 1 unspecified atom stereocenters. The van der Waals surface area contributed by atoms with Crippen LogP contribution in [0.25, 0.3) is 0 Å². The summed E-state index contributed by atoms with van der Waals surface area (Å²) in [6.45, 7) is 4.24. The first-order valence-electron chi connectivity index (χ1n) is 6.49. The average Bonchev–Trinajstić information content (AvgIpc) is 2.84. The smallest absolute Gasteiger partial charge is 0.289 e. The highest BCUT2D eigenvalue weighted by Crippen LogP contribution is 2.15. The lowest BCUT2D eigenvalue weighted by Gasteiger charge is -2.32. The molecule has 1 saturated heterocycles. The standard InChI is InChI=1S/C13H18BrN3O3.ClH/c1-9-7-17(6-5-15-9)12(18)8-16(2)13(19)10-3-4-11(14)20-10;/h3-4,9,15H,5-8H2,1-2H3;1H. The van der Waals surface area contributed by atoms with E-state index in [9.17, 15) is 9.59 Å². The maximum Gasteiger partial charge on any atom is 0.289 e. The molecule has 1 N–H and O–H groups in total. The van der Waals surface area contributed by atoms with E-state index in [1.54, 1.807) is 24.1 Å². The van der Waals surface area contributed by atoms with Crippen LogP contribution in [0.1, 0.15) is 17.5 Å². The van der Waals surface area contributed by atoms with Crippen LogP contribution in [-0.4, -0.2) is 60.9 Å². The molecule has 1 aliphatic heterocycles. The SMILES string of the molecule is CC1CN(C(=O)CN(C)C(=O)c2ccc(Br)o2)CCN1.Cl. The molecule has 21 heavy (non-hydrogen) atoms. The van der Waals surface area contributed by atoms with Crippen LogP contribution in [-0.2, 0) is 4.79 Å². The van der Waals surface area contributed by atoms with E-state index >= 15 is 0 Å². The largest absolute Gasteiger partial charge is 0.444 e. The molecule has 8 heteroatoms. The van der Waals surface area contributed by atoms with Crippen LogP contribution >= 0.6 is 28.3 Å². The number of nitrogens with zero attached hydrogens (tertiary/aromatic N) is 2. The summed E-state index contributed by atoms with van der Waals surface area (Å²) < 4.78 is 5.70. The minimum atomic E-state index is -0.299. The van der Waals surface area contributed by atoms with E-state index in [1.165, 1.54) is 4.90 Å². The number of carbonyl (C=O) groups excluding carboxylic acids is 2. The van der Waals surface area contributed by atoms with E-state index < -0.39 is 0 Å². The summed E-state index contributed by atoms with van der Waals surface area (Å²) in [4.78, 5) is 27.4. The van der Waals surface area contributed by atoms with Crippen molar-refractivity contribution in [3.63, 3.8) is 0 Å². The minimum Gasteiger partial charge on any atom is -0.444 e. The molecule has 0 spiro atoms. The summed E-state index contributed by atoms with van der Waals surface area (Å²) in [6, 6.07) is 3.52. The highest BCUT2D eigenvalue weighted by Gasteiger charge is 2.24. The number of hydrogen-bond acceptors (Lipinski definition) is 4. The minimum absolute atomic E-state index is 0. The first-order chi connectivity index (χ1) is 9.47. The molecule has 1 aromatic heterocycles. The number of carbonyl (C=O) groups is 2. The van der Waals surface area contributed by atoms with Crippen molar-refractivity contribution in [3.05, 3.63) is 22.6 Å². The maximum absolute atomic E-state index is 12.2. The second-order valence-corrected chi connectivity index (χ2v) is 5.74. The first-order valence-corrected chi connectivity index (χ1v) is 7.28. The highest BCUT2D eigenvalue weighted by molar-refractivity contribution is 9.10. The van der Waals surface area contributed by atoms with E-state index in [0.29, 0.717) is 17.8 Å². The fourth-order valence-electron chi connectivity index (χ4n) is 2.15. The normalized spacial score (nSPS) is 18.0. The van der Waals surface area contributed by atoms with Gasteiger partial charge in [-0.2, -0.15) is 0 Å². The number of amides is 2. The van der Waals surface area contributed by atoms with Crippen LogP contribution in [0.4, 0.5) is 0 Å². The molecule has 1 aromatic rings. The summed E-state index contributed by atoms with van der Waals surface area (Å²) in [5.74, 6) is -0.118. The van der Waals surface area contributed by atoms with Gasteiger partial charge in [-0.15, -0.1) is 12.4 Å². The summed E-state index contributed by atoms with van der Waals surface area (Å²) >= 11 is 3.15.